The van der Waals surface area contributed by atoms with Crippen LogP contribution in [-0.2, 0) is 26.3 Å². The topological polar surface area (TPSA) is 94.8 Å². The molecule has 7 nitrogen and oxygen atoms in total. The molecule has 2 aliphatic rings. The van der Waals surface area contributed by atoms with Gasteiger partial charge in [-0.3, -0.25) is 9.59 Å². The van der Waals surface area contributed by atoms with Crippen LogP contribution in [-0.4, -0.2) is 34.8 Å². The standard InChI is InChI=1S/C27H26FNO6/c1-2-35-25(31)20-13-29(18-8-9-18)23-11-21(22(28)10-19(23)24(20)30)27(26(32)33)12-17(27)15-34-14-16-6-4-3-5-7-16/h3-7,10-11,13,17-18H,2,8-9,12,14-15H2,1H3,(H,32,33). The summed E-state index contributed by atoms with van der Waals surface area (Å²) in [6, 6.07) is 12.1. The summed E-state index contributed by atoms with van der Waals surface area (Å²) in [4.78, 5) is 37.7. The maximum absolute atomic E-state index is 15.4. The Bertz CT molecular complexity index is 1360. The van der Waals surface area contributed by atoms with E-state index in [-0.39, 0.29) is 42.2 Å². The van der Waals surface area contributed by atoms with Gasteiger partial charge < -0.3 is 19.1 Å². The van der Waals surface area contributed by atoms with E-state index in [1.165, 1.54) is 12.3 Å². The third kappa shape index (κ3) is 4.12. The first-order valence-electron chi connectivity index (χ1n) is 11.8. The number of aliphatic carboxylic acids is 1. The van der Waals surface area contributed by atoms with Crippen LogP contribution in [0, 0.1) is 11.7 Å². The highest BCUT2D eigenvalue weighted by atomic mass is 19.1. The summed E-state index contributed by atoms with van der Waals surface area (Å²) < 4.78 is 28.0. The van der Waals surface area contributed by atoms with Gasteiger partial charge in [0.2, 0.25) is 5.43 Å². The molecule has 1 N–H and O–H groups in total. The highest BCUT2D eigenvalue weighted by Crippen LogP contribution is 2.56. The van der Waals surface area contributed by atoms with E-state index in [0.717, 1.165) is 24.5 Å². The lowest BCUT2D eigenvalue weighted by Gasteiger charge is -2.18. The smallest absolute Gasteiger partial charge is 0.343 e. The fraction of sp³-hybridized carbons (Fsp3) is 0.370. The molecule has 5 rings (SSSR count). The number of carbonyl (C=O) groups is 2. The molecule has 2 fully saturated rings. The van der Waals surface area contributed by atoms with Crippen LogP contribution in [0.5, 0.6) is 0 Å². The third-order valence-corrected chi connectivity index (χ3v) is 6.95. The number of hydrogen-bond donors (Lipinski definition) is 1. The van der Waals surface area contributed by atoms with Crippen LogP contribution in [0.25, 0.3) is 10.9 Å². The number of aromatic nitrogens is 1. The summed E-state index contributed by atoms with van der Waals surface area (Å²) in [5, 5.41) is 10.2. The van der Waals surface area contributed by atoms with Gasteiger partial charge in [-0.05, 0) is 43.9 Å². The largest absolute Gasteiger partial charge is 0.481 e. The van der Waals surface area contributed by atoms with Gasteiger partial charge >= 0.3 is 11.9 Å². The number of ether oxygens (including phenoxy) is 2. The molecule has 0 radical (unpaired) electrons. The average Bonchev–Trinajstić information content (AvgIpc) is 3.76. The molecule has 3 aromatic rings. The normalized spacial score (nSPS) is 21.1. The Morgan fingerprint density at radius 3 is 2.60 bits per heavy atom. The molecule has 1 aromatic heterocycles. The van der Waals surface area contributed by atoms with Crippen molar-refractivity contribution in [1.82, 2.24) is 4.57 Å². The number of fused-ring (bicyclic) bond motifs is 1. The number of hydrogen-bond acceptors (Lipinski definition) is 5. The number of pyridine rings is 1. The lowest BCUT2D eigenvalue weighted by Crippen LogP contribution is -2.26. The van der Waals surface area contributed by atoms with Gasteiger partial charge in [-0.25, -0.2) is 9.18 Å². The monoisotopic (exact) mass is 479 g/mol. The maximum atomic E-state index is 15.4. The minimum absolute atomic E-state index is 0.0433. The van der Waals surface area contributed by atoms with E-state index in [2.05, 4.69) is 0 Å². The predicted octanol–water partition coefficient (Wildman–Crippen LogP) is 4.21. The van der Waals surface area contributed by atoms with Crippen molar-refractivity contribution >= 4 is 22.8 Å². The Balaban J connectivity index is 1.51. The predicted molar refractivity (Wildman–Crippen MR) is 126 cm³/mol. The summed E-state index contributed by atoms with van der Waals surface area (Å²) in [5.41, 5.74) is -0.744. The molecule has 2 saturated carbocycles. The third-order valence-electron chi connectivity index (χ3n) is 6.95. The number of carboxylic acids is 1. The number of benzene rings is 2. The van der Waals surface area contributed by atoms with Crippen molar-refractivity contribution in [1.29, 1.82) is 0 Å². The zero-order valence-electron chi connectivity index (χ0n) is 19.3. The molecule has 2 aliphatic carbocycles. The van der Waals surface area contributed by atoms with Gasteiger partial charge in [0.15, 0.2) is 0 Å². The molecule has 2 unspecified atom stereocenters. The second kappa shape index (κ2) is 8.92. The van der Waals surface area contributed by atoms with Crippen molar-refractivity contribution in [3.8, 4) is 0 Å². The van der Waals surface area contributed by atoms with Crippen LogP contribution < -0.4 is 5.43 Å². The zero-order chi connectivity index (χ0) is 24.7. The Hall–Kier alpha value is -3.52. The van der Waals surface area contributed by atoms with Crippen molar-refractivity contribution < 1.29 is 28.6 Å². The van der Waals surface area contributed by atoms with E-state index >= 15 is 4.39 Å². The van der Waals surface area contributed by atoms with E-state index in [1.807, 2.05) is 30.3 Å². The Kier molecular flexibility index (Phi) is 5.92. The lowest BCUT2D eigenvalue weighted by molar-refractivity contribution is -0.140. The van der Waals surface area contributed by atoms with Crippen molar-refractivity contribution in [2.75, 3.05) is 13.2 Å². The van der Waals surface area contributed by atoms with Gasteiger partial charge in [-0.15, -0.1) is 0 Å². The van der Waals surface area contributed by atoms with Crippen LogP contribution in [0.2, 0.25) is 0 Å². The number of esters is 1. The van der Waals surface area contributed by atoms with E-state index in [1.54, 1.807) is 11.5 Å². The molecule has 2 atom stereocenters. The van der Waals surface area contributed by atoms with Crippen LogP contribution in [0.4, 0.5) is 4.39 Å². The van der Waals surface area contributed by atoms with E-state index in [9.17, 15) is 19.5 Å². The highest BCUT2D eigenvalue weighted by Gasteiger charge is 2.62. The summed E-state index contributed by atoms with van der Waals surface area (Å²) in [6.45, 7) is 2.27. The van der Waals surface area contributed by atoms with Crippen LogP contribution in [0.3, 0.4) is 0 Å². The first kappa shape index (κ1) is 23.2. The number of rotatable bonds is 9. The summed E-state index contributed by atoms with van der Waals surface area (Å²) in [7, 11) is 0. The number of nitrogens with zero attached hydrogens (tertiary/aromatic N) is 1. The first-order valence-corrected chi connectivity index (χ1v) is 11.8. The summed E-state index contributed by atoms with van der Waals surface area (Å²) in [5.74, 6) is -3.04. The van der Waals surface area contributed by atoms with Crippen LogP contribution in [0.1, 0.15) is 53.7 Å². The van der Waals surface area contributed by atoms with Crippen molar-refractivity contribution in [2.45, 2.75) is 44.2 Å². The summed E-state index contributed by atoms with van der Waals surface area (Å²) >= 11 is 0. The molecule has 0 bridgehead atoms. The number of carbonyl (C=O) groups excluding carboxylic acids is 1. The van der Waals surface area contributed by atoms with Gasteiger partial charge in [-0.1, -0.05) is 30.3 Å². The molecule has 0 amide bonds. The van der Waals surface area contributed by atoms with E-state index in [0.29, 0.717) is 12.1 Å². The van der Waals surface area contributed by atoms with Crippen molar-refractivity contribution in [3.63, 3.8) is 0 Å². The Morgan fingerprint density at radius 1 is 1.20 bits per heavy atom. The van der Waals surface area contributed by atoms with E-state index < -0.39 is 34.5 Å². The highest BCUT2D eigenvalue weighted by molar-refractivity contribution is 5.95. The molecule has 182 valence electrons. The maximum Gasteiger partial charge on any atom is 0.343 e. The lowest BCUT2D eigenvalue weighted by atomic mass is 9.91. The quantitative estimate of drug-likeness (QED) is 0.462. The minimum Gasteiger partial charge on any atom is -0.481 e. The zero-order valence-corrected chi connectivity index (χ0v) is 19.3. The second-order valence-electron chi connectivity index (χ2n) is 9.26. The van der Waals surface area contributed by atoms with Crippen LogP contribution >= 0.6 is 0 Å². The van der Waals surface area contributed by atoms with Crippen molar-refractivity contribution in [3.05, 3.63) is 81.4 Å². The molecule has 2 aromatic carbocycles. The van der Waals surface area contributed by atoms with Gasteiger partial charge in [-0.2, -0.15) is 0 Å². The van der Waals surface area contributed by atoms with Gasteiger partial charge in [0.05, 0.1) is 25.3 Å². The van der Waals surface area contributed by atoms with E-state index in [4.69, 9.17) is 9.47 Å². The molecule has 8 heteroatoms. The van der Waals surface area contributed by atoms with Crippen molar-refractivity contribution in [2.24, 2.45) is 5.92 Å². The summed E-state index contributed by atoms with van der Waals surface area (Å²) in [6.07, 6.45) is 3.41. The average molecular weight is 480 g/mol. The fourth-order valence-corrected chi connectivity index (χ4v) is 4.85. The molecule has 1 heterocycles. The van der Waals surface area contributed by atoms with Gasteiger partial charge in [0, 0.05) is 29.1 Å². The molecule has 35 heavy (non-hydrogen) atoms. The number of carboxylic acid groups (broad SMARTS) is 1. The van der Waals surface area contributed by atoms with Gasteiger partial charge in [0.25, 0.3) is 0 Å². The molecular weight excluding hydrogens is 453 g/mol. The fourth-order valence-electron chi connectivity index (χ4n) is 4.85. The SMILES string of the molecule is CCOC(=O)c1cn(C2CC2)c2cc(C3(C(=O)O)CC3COCc3ccccc3)c(F)cc2c1=O. The number of halogens is 1. The first-order chi connectivity index (χ1) is 16.9. The molecular formula is C27H26FNO6. The Labute approximate surface area is 201 Å². The molecule has 0 aliphatic heterocycles. The second-order valence-corrected chi connectivity index (χ2v) is 9.26. The minimum atomic E-state index is -1.42. The molecule has 0 saturated heterocycles. The van der Waals surface area contributed by atoms with Gasteiger partial charge in [0.1, 0.15) is 16.8 Å². The molecule has 0 spiro atoms. The Morgan fingerprint density at radius 2 is 1.94 bits per heavy atom. The van der Waals surface area contributed by atoms with Crippen LogP contribution in [0.15, 0.2) is 53.5 Å².